The van der Waals surface area contributed by atoms with E-state index in [1.807, 2.05) is 0 Å². The number of H-pyrrole nitrogens is 1. The number of nitrogens with zero attached hydrogens (tertiary/aromatic N) is 1. The van der Waals surface area contributed by atoms with Gasteiger partial charge >= 0.3 is 5.97 Å². The Morgan fingerprint density at radius 2 is 2.14 bits per heavy atom. The van der Waals surface area contributed by atoms with Gasteiger partial charge in [0.15, 0.2) is 0 Å². The maximum Gasteiger partial charge on any atom is 0.306 e. The van der Waals surface area contributed by atoms with Gasteiger partial charge in [0.2, 0.25) is 0 Å². The molecule has 1 fully saturated rings. The molecule has 4 rings (SSSR count). The van der Waals surface area contributed by atoms with Gasteiger partial charge in [-0.15, -0.1) is 0 Å². The summed E-state index contributed by atoms with van der Waals surface area (Å²) in [4.78, 5) is 17.5. The van der Waals surface area contributed by atoms with Crippen LogP contribution in [0.5, 0.6) is 0 Å². The normalized spacial score (nSPS) is 24.5. The summed E-state index contributed by atoms with van der Waals surface area (Å²) in [5.41, 5.74) is 5.85. The van der Waals surface area contributed by atoms with Crippen LogP contribution < -0.4 is 5.32 Å². The summed E-state index contributed by atoms with van der Waals surface area (Å²) < 4.78 is 4.74. The molecule has 29 heavy (non-hydrogen) atoms. The first-order chi connectivity index (χ1) is 13.8. The molecule has 1 aliphatic carbocycles. The lowest BCUT2D eigenvalue weighted by Crippen LogP contribution is -2.49. The van der Waals surface area contributed by atoms with Gasteiger partial charge in [0.25, 0.3) is 0 Å². The van der Waals surface area contributed by atoms with Crippen molar-refractivity contribution < 1.29 is 9.53 Å². The van der Waals surface area contributed by atoms with Gasteiger partial charge < -0.3 is 19.9 Å². The van der Waals surface area contributed by atoms with E-state index in [0.29, 0.717) is 30.8 Å². The van der Waals surface area contributed by atoms with E-state index in [-0.39, 0.29) is 11.4 Å². The Morgan fingerprint density at radius 1 is 1.34 bits per heavy atom. The largest absolute Gasteiger partial charge is 0.469 e. The van der Waals surface area contributed by atoms with E-state index in [2.05, 4.69) is 61.3 Å². The Kier molecular flexibility index (Phi) is 5.47. The number of fused-ring (bicyclic) bond motifs is 2. The number of methoxy groups -OCH3 is 1. The van der Waals surface area contributed by atoms with Gasteiger partial charge in [-0.25, -0.2) is 0 Å². The van der Waals surface area contributed by atoms with Crippen LogP contribution in [0.3, 0.4) is 0 Å². The van der Waals surface area contributed by atoms with Crippen LogP contribution in [0.1, 0.15) is 56.2 Å². The maximum atomic E-state index is 11.3. The van der Waals surface area contributed by atoms with Crippen LogP contribution in [-0.4, -0.2) is 55.7 Å². The number of aromatic amines is 1. The zero-order valence-corrected chi connectivity index (χ0v) is 18.5. The average Bonchev–Trinajstić information content (AvgIpc) is 3.09. The molecule has 5 nitrogen and oxygen atoms in total. The van der Waals surface area contributed by atoms with E-state index in [4.69, 9.17) is 4.74 Å². The van der Waals surface area contributed by atoms with Crippen LogP contribution in [0.25, 0.3) is 10.9 Å². The van der Waals surface area contributed by atoms with Crippen LogP contribution in [0.2, 0.25) is 0 Å². The van der Waals surface area contributed by atoms with E-state index in [1.165, 1.54) is 41.1 Å². The average molecular weight is 398 g/mol. The minimum Gasteiger partial charge on any atom is -0.469 e. The lowest BCUT2D eigenvalue weighted by Gasteiger charge is -2.46. The molecule has 2 heterocycles. The number of hydrogen-bond donors (Lipinski definition) is 2. The van der Waals surface area contributed by atoms with E-state index >= 15 is 0 Å². The zero-order valence-electron chi connectivity index (χ0n) is 18.5. The van der Waals surface area contributed by atoms with Crippen molar-refractivity contribution in [3.05, 3.63) is 35.0 Å². The SMILES string of the molecule is COC(=O)CCNC[C@@H]1CC2c3cc(C(C)(C)C)cc4[nH]cc(c34)C[C@H]2N(C)C1. The molecule has 158 valence electrons. The minimum absolute atomic E-state index is 0.137. The summed E-state index contributed by atoms with van der Waals surface area (Å²) in [5.74, 6) is 1.01. The standard InChI is InChI=1S/C24H35N3O2/c1-24(2,3)17-10-19-18-8-15(12-25-7-6-22(28)29-5)14-27(4)21(18)9-16-13-26-20(11-17)23(16)19/h10-11,13,15,18,21,25-26H,6-9,12,14H2,1-5H3/t15-,18?,21+/m0/s1. The third-order valence-corrected chi connectivity index (χ3v) is 6.92. The van der Waals surface area contributed by atoms with Crippen molar-refractivity contribution in [2.45, 2.75) is 57.4 Å². The molecule has 5 heteroatoms. The minimum atomic E-state index is -0.146. The lowest BCUT2D eigenvalue weighted by molar-refractivity contribution is -0.140. The molecule has 2 aliphatic rings. The number of aromatic nitrogens is 1. The summed E-state index contributed by atoms with van der Waals surface area (Å²) in [7, 11) is 3.73. The molecule has 1 unspecified atom stereocenters. The summed E-state index contributed by atoms with van der Waals surface area (Å²) in [5, 5.41) is 4.94. The van der Waals surface area contributed by atoms with Crippen LogP contribution in [0, 0.1) is 5.92 Å². The molecule has 2 aromatic rings. The van der Waals surface area contributed by atoms with Gasteiger partial charge in [-0.1, -0.05) is 26.8 Å². The van der Waals surface area contributed by atoms with Gasteiger partial charge in [-0.3, -0.25) is 4.79 Å². The predicted molar refractivity (Wildman–Crippen MR) is 117 cm³/mol. The molecule has 1 aromatic heterocycles. The number of ether oxygens (including phenoxy) is 1. The fraction of sp³-hybridized carbons (Fsp3) is 0.625. The monoisotopic (exact) mass is 397 g/mol. The van der Waals surface area contributed by atoms with Crippen molar-refractivity contribution in [1.29, 1.82) is 0 Å². The number of benzene rings is 1. The summed E-state index contributed by atoms with van der Waals surface area (Å²) in [6.45, 7) is 9.64. The molecule has 0 bridgehead atoms. The fourth-order valence-electron chi connectivity index (χ4n) is 5.31. The molecular weight excluding hydrogens is 362 g/mol. The highest BCUT2D eigenvalue weighted by Gasteiger charge is 2.39. The second-order valence-corrected chi connectivity index (χ2v) is 10.0. The van der Waals surface area contributed by atoms with E-state index in [9.17, 15) is 4.79 Å². The lowest BCUT2D eigenvalue weighted by atomic mass is 9.71. The topological polar surface area (TPSA) is 57.4 Å². The zero-order chi connectivity index (χ0) is 20.8. The number of rotatable bonds is 5. The predicted octanol–water partition coefficient (Wildman–Crippen LogP) is 3.58. The third-order valence-electron chi connectivity index (χ3n) is 6.92. The highest BCUT2D eigenvalue weighted by molar-refractivity contribution is 5.89. The number of likely N-dealkylation sites (tertiary alicyclic amines) is 1. The molecule has 0 radical (unpaired) electrons. The Bertz CT molecular complexity index is 895. The third kappa shape index (κ3) is 3.95. The van der Waals surface area contributed by atoms with Gasteiger partial charge in [0.05, 0.1) is 13.5 Å². The second kappa shape index (κ2) is 7.77. The van der Waals surface area contributed by atoms with Crippen LogP contribution in [-0.2, 0) is 21.4 Å². The maximum absolute atomic E-state index is 11.3. The second-order valence-electron chi connectivity index (χ2n) is 10.0. The van der Waals surface area contributed by atoms with Crippen LogP contribution in [0.15, 0.2) is 18.3 Å². The Morgan fingerprint density at radius 3 is 2.86 bits per heavy atom. The van der Waals surface area contributed by atoms with Crippen molar-refractivity contribution in [2.24, 2.45) is 5.92 Å². The Labute approximate surface area is 174 Å². The van der Waals surface area contributed by atoms with E-state index < -0.39 is 0 Å². The number of esters is 1. The molecule has 0 spiro atoms. The van der Waals surface area contributed by atoms with Crippen molar-refractivity contribution in [2.75, 3.05) is 33.8 Å². The van der Waals surface area contributed by atoms with Crippen LogP contribution >= 0.6 is 0 Å². The first kappa shape index (κ1) is 20.4. The van der Waals surface area contributed by atoms with Crippen LogP contribution in [0.4, 0.5) is 0 Å². The highest BCUT2D eigenvalue weighted by atomic mass is 16.5. The number of likely N-dealkylation sites (N-methyl/N-ethyl adjacent to an activating group) is 1. The molecular formula is C24H35N3O2. The number of carbonyl (C=O) groups is 1. The van der Waals surface area contributed by atoms with Gasteiger partial charge in [0, 0.05) is 42.1 Å². The number of hydrogen-bond acceptors (Lipinski definition) is 4. The first-order valence-electron chi connectivity index (χ1n) is 10.9. The molecule has 1 aliphatic heterocycles. The number of piperidine rings is 1. The summed E-state index contributed by atoms with van der Waals surface area (Å²) in [6, 6.07) is 5.40. The fourth-order valence-corrected chi connectivity index (χ4v) is 5.31. The van der Waals surface area contributed by atoms with Crippen molar-refractivity contribution in [3.63, 3.8) is 0 Å². The molecule has 3 atom stereocenters. The quantitative estimate of drug-likeness (QED) is 0.598. The first-order valence-corrected chi connectivity index (χ1v) is 10.9. The Hall–Kier alpha value is -1.85. The van der Waals surface area contributed by atoms with E-state index in [1.54, 1.807) is 0 Å². The highest BCUT2D eigenvalue weighted by Crippen LogP contribution is 2.45. The molecule has 0 amide bonds. The van der Waals surface area contributed by atoms with Crippen molar-refractivity contribution >= 4 is 16.9 Å². The number of carbonyl (C=O) groups excluding carboxylic acids is 1. The van der Waals surface area contributed by atoms with Gasteiger partial charge in [-0.2, -0.15) is 0 Å². The summed E-state index contributed by atoms with van der Waals surface area (Å²) >= 11 is 0. The summed E-state index contributed by atoms with van der Waals surface area (Å²) in [6.07, 6.45) is 5.00. The number of nitrogens with one attached hydrogen (secondary N) is 2. The van der Waals surface area contributed by atoms with Crippen molar-refractivity contribution in [1.82, 2.24) is 15.2 Å². The Balaban J connectivity index is 1.57. The van der Waals surface area contributed by atoms with Gasteiger partial charge in [0.1, 0.15) is 0 Å². The molecule has 1 saturated heterocycles. The molecule has 2 N–H and O–H groups in total. The molecule has 1 aromatic carbocycles. The smallest absolute Gasteiger partial charge is 0.306 e. The van der Waals surface area contributed by atoms with Gasteiger partial charge in [-0.05, 0) is 60.5 Å². The van der Waals surface area contributed by atoms with E-state index in [0.717, 1.165) is 19.5 Å². The van der Waals surface area contributed by atoms with Crippen molar-refractivity contribution in [3.8, 4) is 0 Å². The molecule has 0 saturated carbocycles.